The van der Waals surface area contributed by atoms with Gasteiger partial charge in [0.2, 0.25) is 0 Å². The number of halogens is 1. The number of hydrogen-bond acceptors (Lipinski definition) is 2. The lowest BCUT2D eigenvalue weighted by atomic mass is 10.3. The molecule has 0 aliphatic heterocycles. The van der Waals surface area contributed by atoms with Gasteiger partial charge < -0.3 is 5.32 Å². The SMILES string of the molecule is CCn1nc(C(=O)Nc2ccccc2Cl)cc1C. The van der Waals surface area contributed by atoms with E-state index in [1.807, 2.05) is 26.0 Å². The van der Waals surface area contributed by atoms with E-state index in [9.17, 15) is 4.79 Å². The molecular formula is C13H14ClN3O. The minimum Gasteiger partial charge on any atom is -0.319 e. The summed E-state index contributed by atoms with van der Waals surface area (Å²) < 4.78 is 1.78. The molecule has 1 heterocycles. The van der Waals surface area contributed by atoms with E-state index in [0.717, 1.165) is 12.2 Å². The van der Waals surface area contributed by atoms with Crippen molar-refractivity contribution >= 4 is 23.2 Å². The number of nitrogens with one attached hydrogen (secondary N) is 1. The maximum Gasteiger partial charge on any atom is 0.276 e. The van der Waals surface area contributed by atoms with Crippen LogP contribution in [-0.2, 0) is 6.54 Å². The van der Waals surface area contributed by atoms with Crippen LogP contribution in [0.15, 0.2) is 30.3 Å². The first-order valence-corrected chi connectivity index (χ1v) is 6.10. The van der Waals surface area contributed by atoms with Gasteiger partial charge in [-0.15, -0.1) is 0 Å². The second-order valence-electron chi connectivity index (χ2n) is 3.92. The number of carbonyl (C=O) groups excluding carboxylic acids is 1. The predicted octanol–water partition coefficient (Wildman–Crippen LogP) is 3.12. The van der Waals surface area contributed by atoms with Gasteiger partial charge in [-0.05, 0) is 32.0 Å². The largest absolute Gasteiger partial charge is 0.319 e. The van der Waals surface area contributed by atoms with Crippen molar-refractivity contribution in [2.24, 2.45) is 0 Å². The molecule has 0 aliphatic carbocycles. The molecule has 1 aromatic heterocycles. The van der Waals surface area contributed by atoms with Crippen LogP contribution in [0.1, 0.15) is 23.1 Å². The van der Waals surface area contributed by atoms with Gasteiger partial charge in [-0.25, -0.2) is 0 Å². The van der Waals surface area contributed by atoms with E-state index in [-0.39, 0.29) is 5.91 Å². The molecule has 0 saturated heterocycles. The molecule has 1 aromatic carbocycles. The minimum atomic E-state index is -0.251. The topological polar surface area (TPSA) is 46.9 Å². The minimum absolute atomic E-state index is 0.251. The number of hydrogen-bond donors (Lipinski definition) is 1. The number of anilines is 1. The van der Waals surface area contributed by atoms with Crippen LogP contribution in [0.2, 0.25) is 5.02 Å². The van der Waals surface area contributed by atoms with E-state index in [1.54, 1.807) is 22.9 Å². The van der Waals surface area contributed by atoms with E-state index >= 15 is 0 Å². The van der Waals surface area contributed by atoms with Crippen LogP contribution < -0.4 is 5.32 Å². The predicted molar refractivity (Wildman–Crippen MR) is 72.0 cm³/mol. The Morgan fingerprint density at radius 2 is 2.17 bits per heavy atom. The van der Waals surface area contributed by atoms with E-state index in [0.29, 0.717) is 16.4 Å². The fourth-order valence-corrected chi connectivity index (χ4v) is 1.87. The Morgan fingerprint density at radius 1 is 1.44 bits per heavy atom. The fraction of sp³-hybridized carbons (Fsp3) is 0.231. The third-order valence-corrected chi connectivity index (χ3v) is 2.97. The summed E-state index contributed by atoms with van der Waals surface area (Å²) in [4.78, 5) is 12.0. The van der Waals surface area contributed by atoms with Crippen LogP contribution in [0.3, 0.4) is 0 Å². The van der Waals surface area contributed by atoms with Crippen LogP contribution in [-0.4, -0.2) is 15.7 Å². The summed E-state index contributed by atoms with van der Waals surface area (Å²) in [6.07, 6.45) is 0. The molecule has 1 N–H and O–H groups in total. The van der Waals surface area contributed by atoms with Crippen LogP contribution in [0.25, 0.3) is 0 Å². The monoisotopic (exact) mass is 263 g/mol. The zero-order chi connectivity index (χ0) is 13.1. The van der Waals surface area contributed by atoms with E-state index in [4.69, 9.17) is 11.6 Å². The number of amides is 1. The molecule has 0 saturated carbocycles. The number of aromatic nitrogens is 2. The first kappa shape index (κ1) is 12.6. The summed E-state index contributed by atoms with van der Waals surface area (Å²) in [7, 11) is 0. The Morgan fingerprint density at radius 3 is 2.78 bits per heavy atom. The van der Waals surface area contributed by atoms with Crippen molar-refractivity contribution in [2.45, 2.75) is 20.4 Å². The smallest absolute Gasteiger partial charge is 0.276 e. The van der Waals surface area contributed by atoms with Crippen molar-refractivity contribution in [3.63, 3.8) is 0 Å². The molecule has 0 spiro atoms. The summed E-state index contributed by atoms with van der Waals surface area (Å²) in [6.45, 7) is 4.64. The first-order chi connectivity index (χ1) is 8.61. The Kier molecular flexibility index (Phi) is 3.67. The lowest BCUT2D eigenvalue weighted by Gasteiger charge is -2.04. The molecule has 94 valence electrons. The third-order valence-electron chi connectivity index (χ3n) is 2.64. The van der Waals surface area contributed by atoms with Crippen molar-refractivity contribution in [3.05, 3.63) is 46.7 Å². The number of carbonyl (C=O) groups is 1. The summed E-state index contributed by atoms with van der Waals surface area (Å²) >= 11 is 5.98. The van der Waals surface area contributed by atoms with Crippen LogP contribution in [0.4, 0.5) is 5.69 Å². The zero-order valence-electron chi connectivity index (χ0n) is 10.3. The first-order valence-electron chi connectivity index (χ1n) is 5.72. The number of benzene rings is 1. The highest BCUT2D eigenvalue weighted by molar-refractivity contribution is 6.33. The lowest BCUT2D eigenvalue weighted by Crippen LogP contribution is -2.13. The Balaban J connectivity index is 2.19. The number of aryl methyl sites for hydroxylation is 2. The molecule has 18 heavy (non-hydrogen) atoms. The van der Waals surface area contributed by atoms with Gasteiger partial charge in [0.25, 0.3) is 5.91 Å². The van der Waals surface area contributed by atoms with Crippen molar-refractivity contribution in [1.82, 2.24) is 9.78 Å². The molecule has 0 aliphatic rings. The molecule has 2 aromatic rings. The molecule has 4 nitrogen and oxygen atoms in total. The van der Waals surface area contributed by atoms with Gasteiger partial charge in [0.05, 0.1) is 10.7 Å². The van der Waals surface area contributed by atoms with Crippen LogP contribution >= 0.6 is 11.6 Å². The maximum atomic E-state index is 12.0. The van der Waals surface area contributed by atoms with Gasteiger partial charge in [-0.1, -0.05) is 23.7 Å². The Bertz CT molecular complexity index is 577. The van der Waals surface area contributed by atoms with Crippen LogP contribution in [0, 0.1) is 6.92 Å². The third kappa shape index (κ3) is 2.54. The summed E-state index contributed by atoms with van der Waals surface area (Å²) in [5.74, 6) is -0.251. The second kappa shape index (κ2) is 5.23. The standard InChI is InChI=1S/C13H14ClN3O/c1-3-17-9(2)8-12(16-17)13(18)15-11-7-5-4-6-10(11)14/h4-8H,3H2,1-2H3,(H,15,18). The summed E-state index contributed by atoms with van der Waals surface area (Å²) in [5.41, 5.74) is 1.95. The van der Waals surface area contributed by atoms with Crippen molar-refractivity contribution < 1.29 is 4.79 Å². The molecule has 0 atom stereocenters. The Labute approximate surface area is 111 Å². The average molecular weight is 264 g/mol. The highest BCUT2D eigenvalue weighted by Gasteiger charge is 2.12. The maximum absolute atomic E-state index is 12.0. The summed E-state index contributed by atoms with van der Waals surface area (Å²) in [5, 5.41) is 7.47. The molecule has 0 unspecified atom stereocenters. The molecule has 2 rings (SSSR count). The molecule has 0 bridgehead atoms. The number of para-hydroxylation sites is 1. The van der Waals surface area contributed by atoms with Gasteiger partial charge in [0.1, 0.15) is 0 Å². The normalized spacial score (nSPS) is 10.4. The highest BCUT2D eigenvalue weighted by Crippen LogP contribution is 2.21. The van der Waals surface area contributed by atoms with E-state index in [2.05, 4.69) is 10.4 Å². The van der Waals surface area contributed by atoms with Gasteiger partial charge >= 0.3 is 0 Å². The van der Waals surface area contributed by atoms with Gasteiger partial charge in [-0.3, -0.25) is 9.48 Å². The molecule has 1 amide bonds. The van der Waals surface area contributed by atoms with Gasteiger partial charge in [-0.2, -0.15) is 5.10 Å². The van der Waals surface area contributed by atoms with Crippen molar-refractivity contribution in [1.29, 1.82) is 0 Å². The van der Waals surface area contributed by atoms with Crippen molar-refractivity contribution in [2.75, 3.05) is 5.32 Å². The van der Waals surface area contributed by atoms with E-state index in [1.165, 1.54) is 0 Å². The number of nitrogens with zero attached hydrogens (tertiary/aromatic N) is 2. The van der Waals surface area contributed by atoms with Gasteiger partial charge in [0, 0.05) is 12.2 Å². The molecular weight excluding hydrogens is 250 g/mol. The lowest BCUT2D eigenvalue weighted by molar-refractivity contribution is 0.102. The summed E-state index contributed by atoms with van der Waals surface area (Å²) in [6, 6.07) is 8.87. The van der Waals surface area contributed by atoms with Gasteiger partial charge in [0.15, 0.2) is 5.69 Å². The zero-order valence-corrected chi connectivity index (χ0v) is 11.0. The second-order valence-corrected chi connectivity index (χ2v) is 4.33. The van der Waals surface area contributed by atoms with Crippen molar-refractivity contribution in [3.8, 4) is 0 Å². The molecule has 0 radical (unpaired) electrons. The fourth-order valence-electron chi connectivity index (χ4n) is 1.69. The highest BCUT2D eigenvalue weighted by atomic mass is 35.5. The number of rotatable bonds is 3. The molecule has 5 heteroatoms. The molecule has 0 fully saturated rings. The van der Waals surface area contributed by atoms with Crippen LogP contribution in [0.5, 0.6) is 0 Å². The van der Waals surface area contributed by atoms with E-state index < -0.39 is 0 Å². The quantitative estimate of drug-likeness (QED) is 0.925. The Hall–Kier alpha value is -1.81. The average Bonchev–Trinajstić information content (AvgIpc) is 2.73.